The minimum Gasteiger partial charge on any atom is -0.387 e. The number of aliphatic hydroxyl groups excluding tert-OH is 1. The van der Waals surface area contributed by atoms with Gasteiger partial charge in [-0.25, -0.2) is 0 Å². The van der Waals surface area contributed by atoms with Crippen LogP contribution in [0, 0.1) is 28.6 Å². The Morgan fingerprint density at radius 1 is 1.15 bits per heavy atom. The minimum atomic E-state index is -0.615. The number of aliphatic hydroxyl groups is 1. The third-order valence-electron chi connectivity index (χ3n) is 5.89. The molecular formula is C18H21NO. The summed E-state index contributed by atoms with van der Waals surface area (Å²) in [6, 6.07) is 10.9. The van der Waals surface area contributed by atoms with E-state index in [1.54, 1.807) is 0 Å². The van der Waals surface area contributed by atoms with Crippen molar-refractivity contribution in [3.05, 3.63) is 35.4 Å². The maximum Gasteiger partial charge on any atom is 0.0979 e. The molecule has 1 N–H and O–H groups in total. The highest BCUT2D eigenvalue weighted by Crippen LogP contribution is 2.60. The molecule has 1 aromatic rings. The van der Waals surface area contributed by atoms with Crippen LogP contribution < -0.4 is 0 Å². The van der Waals surface area contributed by atoms with E-state index in [0.29, 0.717) is 11.8 Å². The molecule has 1 aromatic carbocycles. The molecule has 0 amide bonds. The summed E-state index contributed by atoms with van der Waals surface area (Å²) in [7, 11) is 0. The van der Waals surface area contributed by atoms with Gasteiger partial charge in [-0.05, 0) is 61.0 Å². The van der Waals surface area contributed by atoms with Gasteiger partial charge in [0.2, 0.25) is 0 Å². The molecule has 3 aliphatic carbocycles. The van der Waals surface area contributed by atoms with Crippen molar-refractivity contribution in [1.29, 1.82) is 5.26 Å². The van der Waals surface area contributed by atoms with Crippen LogP contribution in [-0.2, 0) is 0 Å². The molecular weight excluding hydrogens is 246 g/mol. The normalized spacial score (nSPS) is 36.8. The van der Waals surface area contributed by atoms with Crippen LogP contribution in [0.4, 0.5) is 0 Å². The van der Waals surface area contributed by atoms with Gasteiger partial charge in [0.25, 0.3) is 0 Å². The molecule has 0 aromatic heterocycles. The second-order valence-electron chi connectivity index (χ2n) is 7.08. The lowest BCUT2D eigenvalue weighted by Crippen LogP contribution is -2.33. The molecule has 2 bridgehead atoms. The summed E-state index contributed by atoms with van der Waals surface area (Å²) in [4.78, 5) is 0. The molecule has 0 heterocycles. The Hall–Kier alpha value is -1.33. The molecule has 104 valence electrons. The van der Waals surface area contributed by atoms with E-state index in [4.69, 9.17) is 0 Å². The first-order valence-electron chi connectivity index (χ1n) is 7.92. The van der Waals surface area contributed by atoms with Crippen molar-refractivity contribution in [3.63, 3.8) is 0 Å². The third-order valence-corrected chi connectivity index (χ3v) is 5.89. The maximum atomic E-state index is 10.8. The molecule has 3 fully saturated rings. The number of nitriles is 1. The Bertz CT molecular complexity index is 554. The largest absolute Gasteiger partial charge is 0.387 e. The lowest BCUT2D eigenvalue weighted by atomic mass is 9.68. The molecule has 2 nitrogen and oxygen atoms in total. The highest BCUT2D eigenvalue weighted by atomic mass is 16.3. The zero-order chi connectivity index (χ0) is 13.7. The van der Waals surface area contributed by atoms with Gasteiger partial charge < -0.3 is 5.11 Å². The van der Waals surface area contributed by atoms with Gasteiger partial charge >= 0.3 is 0 Å². The first-order valence-corrected chi connectivity index (χ1v) is 7.92. The molecule has 20 heavy (non-hydrogen) atoms. The standard InChI is InChI=1S/C18H21NO/c19-11-18(10-12-1-8-16(18)9-12)17(20)15-6-4-14(5-7-15)13-2-3-13/h4-7,12-13,16-17,20H,1-3,8-10H2. The first-order chi connectivity index (χ1) is 9.73. The van der Waals surface area contributed by atoms with Crippen LogP contribution in [0.5, 0.6) is 0 Å². The zero-order valence-corrected chi connectivity index (χ0v) is 11.8. The summed E-state index contributed by atoms with van der Waals surface area (Å²) in [5.41, 5.74) is 1.80. The van der Waals surface area contributed by atoms with Crippen LogP contribution in [0.2, 0.25) is 0 Å². The smallest absolute Gasteiger partial charge is 0.0979 e. The monoisotopic (exact) mass is 267 g/mol. The lowest BCUT2D eigenvalue weighted by molar-refractivity contribution is 0.0233. The summed E-state index contributed by atoms with van der Waals surface area (Å²) in [6.45, 7) is 0. The predicted octanol–water partition coefficient (Wildman–Crippen LogP) is 3.93. The van der Waals surface area contributed by atoms with Crippen molar-refractivity contribution >= 4 is 0 Å². The number of hydrogen-bond acceptors (Lipinski definition) is 2. The Balaban J connectivity index is 1.62. The average Bonchev–Trinajstić information content (AvgIpc) is 3.16. The van der Waals surface area contributed by atoms with Gasteiger partial charge in [0, 0.05) is 0 Å². The fourth-order valence-corrected chi connectivity index (χ4v) is 4.57. The zero-order valence-electron chi connectivity index (χ0n) is 11.8. The van der Waals surface area contributed by atoms with E-state index in [-0.39, 0.29) is 0 Å². The van der Waals surface area contributed by atoms with E-state index in [9.17, 15) is 10.4 Å². The predicted molar refractivity (Wildman–Crippen MR) is 76.9 cm³/mol. The van der Waals surface area contributed by atoms with Crippen LogP contribution in [-0.4, -0.2) is 5.11 Å². The molecule has 0 aliphatic heterocycles. The molecule has 2 heteroatoms. The number of fused-ring (bicyclic) bond motifs is 2. The van der Waals surface area contributed by atoms with Gasteiger partial charge in [-0.3, -0.25) is 0 Å². The summed E-state index contributed by atoms with van der Waals surface area (Å²) in [5.74, 6) is 1.81. The summed E-state index contributed by atoms with van der Waals surface area (Å²) in [5, 5.41) is 20.5. The van der Waals surface area contributed by atoms with E-state index in [1.165, 1.54) is 24.8 Å². The fourth-order valence-electron chi connectivity index (χ4n) is 4.57. The Morgan fingerprint density at radius 2 is 1.90 bits per heavy atom. The van der Waals surface area contributed by atoms with E-state index in [0.717, 1.165) is 30.7 Å². The van der Waals surface area contributed by atoms with Crippen LogP contribution in [0.3, 0.4) is 0 Å². The second-order valence-corrected chi connectivity index (χ2v) is 7.08. The highest BCUT2D eigenvalue weighted by molar-refractivity contribution is 5.32. The van der Waals surface area contributed by atoms with Crippen molar-refractivity contribution in [1.82, 2.24) is 0 Å². The summed E-state index contributed by atoms with van der Waals surface area (Å²) >= 11 is 0. The Labute approximate surface area is 120 Å². The van der Waals surface area contributed by atoms with Crippen molar-refractivity contribution in [2.75, 3.05) is 0 Å². The van der Waals surface area contributed by atoms with Crippen molar-refractivity contribution in [2.45, 2.75) is 50.5 Å². The maximum absolute atomic E-state index is 10.8. The van der Waals surface area contributed by atoms with Gasteiger partial charge in [0.15, 0.2) is 0 Å². The summed E-state index contributed by atoms with van der Waals surface area (Å²) in [6.07, 6.45) is 6.39. The van der Waals surface area contributed by atoms with Crippen LogP contribution in [0.25, 0.3) is 0 Å². The number of benzene rings is 1. The van der Waals surface area contributed by atoms with Gasteiger partial charge in [-0.1, -0.05) is 30.7 Å². The molecule has 0 spiro atoms. The lowest BCUT2D eigenvalue weighted by Gasteiger charge is -2.35. The fraction of sp³-hybridized carbons (Fsp3) is 0.611. The van der Waals surface area contributed by atoms with E-state index < -0.39 is 11.5 Å². The molecule has 4 rings (SSSR count). The van der Waals surface area contributed by atoms with Gasteiger partial charge in [0.05, 0.1) is 17.6 Å². The highest BCUT2D eigenvalue weighted by Gasteiger charge is 2.55. The molecule has 0 saturated heterocycles. The van der Waals surface area contributed by atoms with Gasteiger partial charge in [-0.2, -0.15) is 5.26 Å². The van der Waals surface area contributed by atoms with E-state index in [2.05, 4.69) is 18.2 Å². The quantitative estimate of drug-likeness (QED) is 0.901. The van der Waals surface area contributed by atoms with E-state index >= 15 is 0 Å². The SMILES string of the molecule is N#CC1(C(O)c2ccc(C3CC3)cc2)CC2CCC1C2. The average molecular weight is 267 g/mol. The van der Waals surface area contributed by atoms with Gasteiger partial charge in [-0.15, -0.1) is 0 Å². The first kappa shape index (κ1) is 12.4. The van der Waals surface area contributed by atoms with E-state index in [1.807, 2.05) is 12.1 Å². The second kappa shape index (κ2) is 4.33. The topological polar surface area (TPSA) is 44.0 Å². The third kappa shape index (κ3) is 1.73. The van der Waals surface area contributed by atoms with Crippen molar-refractivity contribution in [2.24, 2.45) is 17.3 Å². The Morgan fingerprint density at radius 3 is 2.40 bits per heavy atom. The van der Waals surface area contributed by atoms with Crippen molar-refractivity contribution in [3.8, 4) is 6.07 Å². The van der Waals surface area contributed by atoms with Crippen LogP contribution >= 0.6 is 0 Å². The number of nitrogens with zero attached hydrogens (tertiary/aromatic N) is 1. The molecule has 3 saturated carbocycles. The van der Waals surface area contributed by atoms with Crippen molar-refractivity contribution < 1.29 is 5.11 Å². The molecule has 3 aliphatic rings. The summed E-state index contributed by atoms with van der Waals surface area (Å²) < 4.78 is 0. The molecule has 4 atom stereocenters. The number of hydrogen-bond donors (Lipinski definition) is 1. The van der Waals surface area contributed by atoms with Crippen LogP contribution in [0.15, 0.2) is 24.3 Å². The number of rotatable bonds is 3. The van der Waals surface area contributed by atoms with Gasteiger partial charge in [0.1, 0.15) is 0 Å². The molecule has 0 radical (unpaired) electrons. The van der Waals surface area contributed by atoms with Crippen LogP contribution in [0.1, 0.15) is 61.7 Å². The Kier molecular flexibility index (Phi) is 2.69. The minimum absolute atomic E-state index is 0.399. The molecule has 4 unspecified atom stereocenters.